The first-order valence-electron chi connectivity index (χ1n) is 5.68. The molecule has 1 aromatic carbocycles. The lowest BCUT2D eigenvalue weighted by atomic mass is 10.1. The quantitative estimate of drug-likeness (QED) is 0.741. The van der Waals surface area contributed by atoms with Crippen molar-refractivity contribution >= 4 is 27.8 Å². The molecule has 5 nitrogen and oxygen atoms in total. The van der Waals surface area contributed by atoms with E-state index in [0.717, 1.165) is 12.1 Å². The summed E-state index contributed by atoms with van der Waals surface area (Å²) in [6.45, 7) is -0.264. The lowest BCUT2D eigenvalue weighted by Gasteiger charge is -2.13. The molecule has 0 bridgehead atoms. The van der Waals surface area contributed by atoms with Crippen molar-refractivity contribution in [2.24, 2.45) is 0 Å². The zero-order chi connectivity index (χ0) is 16.2. The Bertz CT molecular complexity index is 548. The summed E-state index contributed by atoms with van der Waals surface area (Å²) in [7, 11) is 0. The molecule has 0 unspecified atom stereocenters. The fraction of sp³-hybridized carbons (Fsp3) is 0.333. The Balaban J connectivity index is 2.81. The van der Waals surface area contributed by atoms with Crippen LogP contribution in [0.25, 0.3) is 0 Å². The van der Waals surface area contributed by atoms with Gasteiger partial charge >= 0.3 is 12.1 Å². The molecule has 1 amide bonds. The second kappa shape index (κ2) is 6.90. The van der Waals surface area contributed by atoms with Gasteiger partial charge in [-0.2, -0.15) is 13.2 Å². The summed E-state index contributed by atoms with van der Waals surface area (Å²) in [5, 5.41) is 19.6. The van der Waals surface area contributed by atoms with Crippen molar-refractivity contribution in [2.75, 3.05) is 6.54 Å². The molecule has 1 atom stereocenters. The van der Waals surface area contributed by atoms with Crippen LogP contribution in [0.2, 0.25) is 0 Å². The molecule has 0 spiro atoms. The van der Waals surface area contributed by atoms with E-state index in [9.17, 15) is 22.8 Å². The maximum Gasteiger partial charge on any atom is 0.417 e. The number of amides is 1. The van der Waals surface area contributed by atoms with Gasteiger partial charge in [0, 0.05) is 17.4 Å². The van der Waals surface area contributed by atoms with Crippen LogP contribution in [0, 0.1) is 0 Å². The highest BCUT2D eigenvalue weighted by Gasteiger charge is 2.35. The van der Waals surface area contributed by atoms with Gasteiger partial charge < -0.3 is 15.5 Å². The minimum Gasteiger partial charge on any atom is -0.479 e. The number of carbonyl (C=O) groups is 2. The number of hydrogen-bond donors (Lipinski definition) is 3. The van der Waals surface area contributed by atoms with Crippen LogP contribution in [0.1, 0.15) is 22.3 Å². The number of carboxylic acids is 1. The molecule has 21 heavy (non-hydrogen) atoms. The zero-order valence-electron chi connectivity index (χ0n) is 10.4. The highest BCUT2D eigenvalue weighted by atomic mass is 79.9. The molecule has 0 aliphatic heterocycles. The van der Waals surface area contributed by atoms with Crippen molar-refractivity contribution in [3.05, 3.63) is 33.8 Å². The molecule has 1 rings (SSSR count). The minimum atomic E-state index is -4.70. The molecule has 9 heteroatoms. The molecule has 0 fully saturated rings. The summed E-state index contributed by atoms with van der Waals surface area (Å²) in [5.41, 5.74) is -1.68. The number of aliphatic hydroxyl groups is 1. The number of nitrogens with one attached hydrogen (secondary N) is 1. The van der Waals surface area contributed by atoms with Gasteiger partial charge in [0.2, 0.25) is 0 Å². The van der Waals surface area contributed by atoms with Crippen molar-refractivity contribution in [1.82, 2.24) is 5.32 Å². The number of carbonyl (C=O) groups excluding carboxylic acids is 1. The molecule has 0 heterocycles. The van der Waals surface area contributed by atoms with Crippen LogP contribution in [-0.4, -0.2) is 34.7 Å². The Morgan fingerprint density at radius 2 is 1.95 bits per heavy atom. The normalized spacial score (nSPS) is 12.8. The third-order valence-electron chi connectivity index (χ3n) is 2.52. The largest absolute Gasteiger partial charge is 0.479 e. The van der Waals surface area contributed by atoms with Crippen LogP contribution in [0.5, 0.6) is 0 Å². The molecule has 0 aromatic heterocycles. The van der Waals surface area contributed by atoms with Crippen molar-refractivity contribution < 1.29 is 33.0 Å². The van der Waals surface area contributed by atoms with Crippen molar-refractivity contribution in [1.29, 1.82) is 0 Å². The topological polar surface area (TPSA) is 86.6 Å². The predicted molar refractivity (Wildman–Crippen MR) is 69.7 cm³/mol. The zero-order valence-corrected chi connectivity index (χ0v) is 12.0. The van der Waals surface area contributed by atoms with E-state index in [4.69, 9.17) is 10.2 Å². The van der Waals surface area contributed by atoms with Crippen LogP contribution in [0.4, 0.5) is 13.2 Å². The van der Waals surface area contributed by atoms with Crippen LogP contribution < -0.4 is 5.32 Å². The van der Waals surface area contributed by atoms with Gasteiger partial charge in [0.05, 0.1) is 11.1 Å². The monoisotopic (exact) mass is 369 g/mol. The number of benzene rings is 1. The number of rotatable bonds is 5. The van der Waals surface area contributed by atoms with Gasteiger partial charge in [-0.1, -0.05) is 15.9 Å². The van der Waals surface area contributed by atoms with Gasteiger partial charge in [0.1, 0.15) is 0 Å². The van der Waals surface area contributed by atoms with Crippen LogP contribution in [-0.2, 0) is 11.0 Å². The summed E-state index contributed by atoms with van der Waals surface area (Å²) < 4.78 is 38.7. The lowest BCUT2D eigenvalue weighted by molar-refractivity contribution is -0.146. The first kappa shape index (κ1) is 17.4. The Kier molecular flexibility index (Phi) is 5.73. The molecular weight excluding hydrogens is 359 g/mol. The van der Waals surface area contributed by atoms with Crippen molar-refractivity contribution in [3.63, 3.8) is 0 Å². The van der Waals surface area contributed by atoms with Crippen LogP contribution in [0.3, 0.4) is 0 Å². The van der Waals surface area contributed by atoms with Crippen molar-refractivity contribution in [2.45, 2.75) is 18.7 Å². The molecule has 3 N–H and O–H groups in total. The molecule has 0 saturated heterocycles. The van der Waals surface area contributed by atoms with Crippen molar-refractivity contribution in [3.8, 4) is 0 Å². The number of aliphatic hydroxyl groups excluding tert-OH is 1. The van der Waals surface area contributed by atoms with E-state index in [1.807, 2.05) is 0 Å². The number of aliphatic carboxylic acids is 1. The smallest absolute Gasteiger partial charge is 0.417 e. The lowest BCUT2D eigenvalue weighted by Crippen LogP contribution is -2.31. The first-order valence-corrected chi connectivity index (χ1v) is 6.48. The third kappa shape index (κ3) is 5.01. The molecule has 116 valence electrons. The minimum absolute atomic E-state index is 0.174. The Morgan fingerprint density at radius 3 is 2.48 bits per heavy atom. The van der Waals surface area contributed by atoms with Gasteiger partial charge in [-0.05, 0) is 18.2 Å². The Morgan fingerprint density at radius 1 is 1.33 bits per heavy atom. The fourth-order valence-corrected chi connectivity index (χ4v) is 1.85. The molecule has 0 aliphatic rings. The Hall–Kier alpha value is -1.61. The van der Waals surface area contributed by atoms with E-state index in [1.165, 1.54) is 6.07 Å². The summed E-state index contributed by atoms with van der Waals surface area (Å²) in [5.74, 6) is -2.46. The second-order valence-corrected chi connectivity index (χ2v) is 5.00. The average molecular weight is 370 g/mol. The van der Waals surface area contributed by atoms with Crippen LogP contribution in [0.15, 0.2) is 22.7 Å². The van der Waals surface area contributed by atoms with E-state index < -0.39 is 35.3 Å². The molecular formula is C12H11BrF3NO4. The summed E-state index contributed by atoms with van der Waals surface area (Å²) in [6.07, 6.45) is -6.69. The number of hydrogen-bond acceptors (Lipinski definition) is 3. The van der Waals surface area contributed by atoms with E-state index in [-0.39, 0.29) is 17.4 Å². The summed E-state index contributed by atoms with van der Waals surface area (Å²) in [6, 6.07) is 3.08. The molecule has 0 radical (unpaired) electrons. The van der Waals surface area contributed by atoms with Gasteiger partial charge in [-0.3, -0.25) is 4.79 Å². The van der Waals surface area contributed by atoms with E-state index in [0.29, 0.717) is 0 Å². The number of alkyl halides is 3. The molecule has 0 aliphatic carbocycles. The summed E-state index contributed by atoms with van der Waals surface area (Å²) >= 11 is 2.90. The SMILES string of the molecule is O=C(NCC[C@H](O)C(=O)O)c1ccc(Br)cc1C(F)(F)F. The predicted octanol–water partition coefficient (Wildman–Crippen LogP) is 2.03. The maximum atomic E-state index is 12.8. The standard InChI is InChI=1S/C12H11BrF3NO4/c13-6-1-2-7(8(5-6)12(14,15)16)10(19)17-4-3-9(18)11(20)21/h1-2,5,9,18H,3-4H2,(H,17,19)(H,20,21)/t9-/m0/s1. The highest BCUT2D eigenvalue weighted by Crippen LogP contribution is 2.33. The van der Waals surface area contributed by atoms with Gasteiger partial charge in [-0.25, -0.2) is 4.79 Å². The van der Waals surface area contributed by atoms with Gasteiger partial charge in [0.15, 0.2) is 6.10 Å². The van der Waals surface area contributed by atoms with E-state index >= 15 is 0 Å². The molecule has 1 aromatic rings. The van der Waals surface area contributed by atoms with E-state index in [1.54, 1.807) is 0 Å². The second-order valence-electron chi connectivity index (χ2n) is 4.09. The number of halogens is 4. The fourth-order valence-electron chi connectivity index (χ4n) is 1.49. The first-order chi connectivity index (χ1) is 9.62. The van der Waals surface area contributed by atoms with Crippen LogP contribution >= 0.6 is 15.9 Å². The summed E-state index contributed by atoms with van der Waals surface area (Å²) in [4.78, 5) is 22.1. The van der Waals surface area contributed by atoms with E-state index in [2.05, 4.69) is 21.2 Å². The maximum absolute atomic E-state index is 12.8. The average Bonchev–Trinajstić information content (AvgIpc) is 2.37. The number of carboxylic acid groups (broad SMARTS) is 1. The van der Waals surface area contributed by atoms with Gasteiger partial charge in [0.25, 0.3) is 5.91 Å². The molecule has 0 saturated carbocycles. The Labute approximate surface area is 125 Å². The highest BCUT2D eigenvalue weighted by molar-refractivity contribution is 9.10. The third-order valence-corrected chi connectivity index (χ3v) is 3.01. The van der Waals surface area contributed by atoms with Gasteiger partial charge in [-0.15, -0.1) is 0 Å².